The van der Waals surface area contributed by atoms with Crippen LogP contribution in [0.3, 0.4) is 0 Å². The Hall–Kier alpha value is -1.28. The van der Waals surface area contributed by atoms with Gasteiger partial charge in [-0.1, -0.05) is 13.0 Å². The Balaban J connectivity index is 2.33. The summed E-state index contributed by atoms with van der Waals surface area (Å²) < 4.78 is 2.14. The van der Waals surface area contributed by atoms with Gasteiger partial charge in [0, 0.05) is 24.0 Å². The van der Waals surface area contributed by atoms with E-state index in [1.165, 1.54) is 11.1 Å². The molecule has 2 N–H and O–H groups in total. The first-order valence-corrected chi connectivity index (χ1v) is 5.11. The summed E-state index contributed by atoms with van der Waals surface area (Å²) in [7, 11) is 0. The van der Waals surface area contributed by atoms with E-state index in [0.717, 1.165) is 12.8 Å². The summed E-state index contributed by atoms with van der Waals surface area (Å²) in [6, 6.07) is 8.68. The van der Waals surface area contributed by atoms with Crippen molar-refractivity contribution in [2.24, 2.45) is 5.73 Å². The number of pyridine rings is 1. The molecule has 2 heteroatoms. The average Bonchev–Trinajstić information content (AvgIpc) is 2.62. The summed E-state index contributed by atoms with van der Waals surface area (Å²) in [5.41, 5.74) is 8.57. The third kappa shape index (κ3) is 1.66. The van der Waals surface area contributed by atoms with Crippen molar-refractivity contribution in [3.05, 3.63) is 42.2 Å². The summed E-state index contributed by atoms with van der Waals surface area (Å²) in [6.07, 6.45) is 6.16. The molecule has 0 bridgehead atoms. The lowest BCUT2D eigenvalue weighted by Crippen LogP contribution is -2.21. The van der Waals surface area contributed by atoms with Gasteiger partial charge in [0.2, 0.25) is 0 Å². The zero-order chi connectivity index (χ0) is 9.97. The van der Waals surface area contributed by atoms with Crippen LogP contribution in [0.15, 0.2) is 36.7 Å². The lowest BCUT2D eigenvalue weighted by molar-refractivity contribution is 0.649. The van der Waals surface area contributed by atoms with Gasteiger partial charge in [-0.15, -0.1) is 0 Å². The van der Waals surface area contributed by atoms with Gasteiger partial charge in [-0.2, -0.15) is 0 Å². The molecule has 0 aromatic carbocycles. The van der Waals surface area contributed by atoms with E-state index in [9.17, 15) is 0 Å². The number of rotatable bonds is 3. The van der Waals surface area contributed by atoms with Crippen LogP contribution in [0.25, 0.3) is 5.52 Å². The molecule has 0 aliphatic carbocycles. The number of hydrogen-bond donors (Lipinski definition) is 1. The Labute approximate surface area is 84.3 Å². The quantitative estimate of drug-likeness (QED) is 0.786. The van der Waals surface area contributed by atoms with Gasteiger partial charge in [0.1, 0.15) is 0 Å². The molecule has 2 aromatic heterocycles. The van der Waals surface area contributed by atoms with E-state index in [1.54, 1.807) is 0 Å². The van der Waals surface area contributed by atoms with Gasteiger partial charge in [-0.05, 0) is 36.6 Å². The second kappa shape index (κ2) is 3.84. The van der Waals surface area contributed by atoms with Crippen LogP contribution in [0.5, 0.6) is 0 Å². The van der Waals surface area contributed by atoms with Gasteiger partial charge in [0.25, 0.3) is 0 Å². The fraction of sp³-hybridized carbons (Fsp3) is 0.333. The third-order valence-corrected chi connectivity index (χ3v) is 2.66. The van der Waals surface area contributed by atoms with Crippen molar-refractivity contribution in [3.8, 4) is 0 Å². The summed E-state index contributed by atoms with van der Waals surface area (Å²) in [5, 5.41) is 0. The number of aromatic nitrogens is 1. The fourth-order valence-corrected chi connectivity index (χ4v) is 1.71. The van der Waals surface area contributed by atoms with E-state index in [-0.39, 0.29) is 6.04 Å². The highest BCUT2D eigenvalue weighted by molar-refractivity contribution is 5.55. The van der Waals surface area contributed by atoms with Crippen molar-refractivity contribution in [3.63, 3.8) is 0 Å². The molecular formula is C12H16N2. The fourth-order valence-electron chi connectivity index (χ4n) is 1.71. The molecule has 0 amide bonds. The summed E-state index contributed by atoms with van der Waals surface area (Å²) in [4.78, 5) is 0. The van der Waals surface area contributed by atoms with E-state index < -0.39 is 0 Å². The topological polar surface area (TPSA) is 30.4 Å². The van der Waals surface area contributed by atoms with Crippen LogP contribution in [-0.2, 0) is 6.42 Å². The van der Waals surface area contributed by atoms with Gasteiger partial charge < -0.3 is 10.1 Å². The van der Waals surface area contributed by atoms with Crippen molar-refractivity contribution >= 4 is 5.52 Å². The van der Waals surface area contributed by atoms with Crippen molar-refractivity contribution in [1.82, 2.24) is 4.40 Å². The minimum atomic E-state index is 0.279. The summed E-state index contributed by atoms with van der Waals surface area (Å²) in [5.74, 6) is 0. The minimum Gasteiger partial charge on any atom is -0.327 e. The predicted molar refractivity (Wildman–Crippen MR) is 59.4 cm³/mol. The molecule has 0 radical (unpaired) electrons. The molecule has 0 spiro atoms. The first-order valence-electron chi connectivity index (χ1n) is 5.11. The van der Waals surface area contributed by atoms with Crippen molar-refractivity contribution in [2.75, 3.05) is 0 Å². The van der Waals surface area contributed by atoms with Crippen LogP contribution >= 0.6 is 0 Å². The number of nitrogens with two attached hydrogens (primary N) is 1. The highest BCUT2D eigenvalue weighted by Gasteiger charge is 2.05. The molecule has 0 aliphatic rings. The summed E-state index contributed by atoms with van der Waals surface area (Å²) in [6.45, 7) is 2.13. The molecule has 0 saturated carbocycles. The molecule has 2 nitrogen and oxygen atoms in total. The first kappa shape index (κ1) is 9.28. The van der Waals surface area contributed by atoms with Crippen LogP contribution in [0, 0.1) is 0 Å². The molecule has 1 atom stereocenters. The molecule has 74 valence electrons. The molecule has 14 heavy (non-hydrogen) atoms. The Kier molecular flexibility index (Phi) is 2.55. The average molecular weight is 188 g/mol. The van der Waals surface area contributed by atoms with Crippen LogP contribution in [0.1, 0.15) is 18.9 Å². The maximum Gasteiger partial charge on any atom is 0.0482 e. The van der Waals surface area contributed by atoms with E-state index in [4.69, 9.17) is 5.73 Å². The van der Waals surface area contributed by atoms with Gasteiger partial charge in [0.05, 0.1) is 0 Å². The molecule has 2 heterocycles. The smallest absolute Gasteiger partial charge is 0.0482 e. The molecule has 2 aromatic rings. The van der Waals surface area contributed by atoms with E-state index in [0.29, 0.717) is 0 Å². The number of nitrogens with zero attached hydrogens (tertiary/aromatic N) is 1. The third-order valence-electron chi connectivity index (χ3n) is 2.66. The molecule has 0 saturated heterocycles. The zero-order valence-electron chi connectivity index (χ0n) is 8.48. The van der Waals surface area contributed by atoms with Crippen LogP contribution in [0.2, 0.25) is 0 Å². The lowest BCUT2D eigenvalue weighted by atomic mass is 10.1. The van der Waals surface area contributed by atoms with Crippen LogP contribution < -0.4 is 5.73 Å². The van der Waals surface area contributed by atoms with Crippen molar-refractivity contribution in [2.45, 2.75) is 25.8 Å². The van der Waals surface area contributed by atoms with Crippen molar-refractivity contribution < 1.29 is 0 Å². The lowest BCUT2D eigenvalue weighted by Gasteiger charge is -2.07. The first-order chi connectivity index (χ1) is 6.81. The van der Waals surface area contributed by atoms with Gasteiger partial charge in [0.15, 0.2) is 0 Å². The Morgan fingerprint density at radius 3 is 2.93 bits per heavy atom. The molecular weight excluding hydrogens is 172 g/mol. The van der Waals surface area contributed by atoms with Gasteiger partial charge in [-0.25, -0.2) is 0 Å². The largest absolute Gasteiger partial charge is 0.327 e. The van der Waals surface area contributed by atoms with E-state index >= 15 is 0 Å². The predicted octanol–water partition coefficient (Wildman–Crippen LogP) is 2.22. The van der Waals surface area contributed by atoms with Gasteiger partial charge >= 0.3 is 0 Å². The van der Waals surface area contributed by atoms with E-state index in [2.05, 4.69) is 41.9 Å². The number of fused-ring (bicyclic) bond motifs is 1. The monoisotopic (exact) mass is 188 g/mol. The maximum atomic E-state index is 5.95. The standard InChI is InChI=1S/C12H16N2/c1-2-11(13)9-10-6-8-14-7-4-3-5-12(10)14/h3-8,11H,2,9,13H2,1H3. The van der Waals surface area contributed by atoms with Crippen molar-refractivity contribution in [1.29, 1.82) is 0 Å². The molecule has 0 fully saturated rings. The second-order valence-corrected chi connectivity index (χ2v) is 3.71. The van der Waals surface area contributed by atoms with Crippen LogP contribution in [-0.4, -0.2) is 10.4 Å². The number of hydrogen-bond acceptors (Lipinski definition) is 1. The normalized spacial score (nSPS) is 13.3. The second-order valence-electron chi connectivity index (χ2n) is 3.71. The highest BCUT2D eigenvalue weighted by atomic mass is 14.9. The minimum absolute atomic E-state index is 0.279. The Morgan fingerprint density at radius 2 is 2.14 bits per heavy atom. The van der Waals surface area contributed by atoms with Gasteiger partial charge in [-0.3, -0.25) is 0 Å². The molecule has 1 unspecified atom stereocenters. The maximum absolute atomic E-state index is 5.95. The van der Waals surface area contributed by atoms with E-state index in [1.807, 2.05) is 6.07 Å². The Morgan fingerprint density at radius 1 is 1.29 bits per heavy atom. The Bertz CT molecular complexity index is 417. The molecule has 2 rings (SSSR count). The SMILES string of the molecule is CCC(N)Cc1ccn2ccccc12. The summed E-state index contributed by atoms with van der Waals surface area (Å²) >= 11 is 0. The van der Waals surface area contributed by atoms with Crippen LogP contribution in [0.4, 0.5) is 0 Å². The zero-order valence-corrected chi connectivity index (χ0v) is 8.48. The molecule has 0 aliphatic heterocycles. The highest BCUT2D eigenvalue weighted by Crippen LogP contribution is 2.14.